The lowest BCUT2D eigenvalue weighted by molar-refractivity contribution is -0.150. The van der Waals surface area contributed by atoms with Gasteiger partial charge in [-0.25, -0.2) is 4.79 Å². The van der Waals surface area contributed by atoms with E-state index in [0.29, 0.717) is 10.8 Å². The van der Waals surface area contributed by atoms with Crippen molar-refractivity contribution in [2.45, 2.75) is 26.8 Å². The van der Waals surface area contributed by atoms with Gasteiger partial charge in [0, 0.05) is 5.02 Å². The SMILES string of the molecule is Cc1cccc(OCC(=O)OCC(=O)N[C@H](C)c2ccccc2Cl)c1C. The number of hydrogen-bond acceptors (Lipinski definition) is 4. The number of aryl methyl sites for hydroxylation is 1. The second-order valence-electron chi connectivity index (χ2n) is 5.96. The highest BCUT2D eigenvalue weighted by molar-refractivity contribution is 6.31. The molecule has 2 aromatic carbocycles. The van der Waals surface area contributed by atoms with Crippen LogP contribution in [0.4, 0.5) is 0 Å². The number of rotatable bonds is 7. The maximum atomic E-state index is 11.9. The minimum Gasteiger partial charge on any atom is -0.482 e. The van der Waals surface area contributed by atoms with Gasteiger partial charge >= 0.3 is 5.97 Å². The van der Waals surface area contributed by atoms with E-state index in [1.54, 1.807) is 12.1 Å². The Morgan fingerprint density at radius 1 is 1.08 bits per heavy atom. The summed E-state index contributed by atoms with van der Waals surface area (Å²) in [6, 6.07) is 12.6. The molecule has 1 N–H and O–H groups in total. The molecule has 0 aliphatic rings. The van der Waals surface area contributed by atoms with Gasteiger partial charge in [0.1, 0.15) is 5.75 Å². The molecule has 0 spiro atoms. The van der Waals surface area contributed by atoms with Crippen LogP contribution in [0.1, 0.15) is 29.7 Å². The highest BCUT2D eigenvalue weighted by atomic mass is 35.5. The van der Waals surface area contributed by atoms with Crippen molar-refractivity contribution in [2.75, 3.05) is 13.2 Å². The highest BCUT2D eigenvalue weighted by Crippen LogP contribution is 2.22. The first-order valence-corrected chi connectivity index (χ1v) is 8.64. The maximum absolute atomic E-state index is 11.9. The van der Waals surface area contributed by atoms with Gasteiger partial charge in [0.2, 0.25) is 0 Å². The summed E-state index contributed by atoms with van der Waals surface area (Å²) in [6.07, 6.45) is 0. The number of benzene rings is 2. The Labute approximate surface area is 158 Å². The average Bonchev–Trinajstić information content (AvgIpc) is 2.61. The summed E-state index contributed by atoms with van der Waals surface area (Å²) in [7, 11) is 0. The minimum absolute atomic E-state index is 0.252. The number of amides is 1. The van der Waals surface area contributed by atoms with Crippen LogP contribution in [0.25, 0.3) is 0 Å². The van der Waals surface area contributed by atoms with E-state index in [0.717, 1.165) is 16.7 Å². The molecule has 138 valence electrons. The fraction of sp³-hybridized carbons (Fsp3) is 0.300. The van der Waals surface area contributed by atoms with E-state index in [4.69, 9.17) is 21.1 Å². The summed E-state index contributed by atoms with van der Waals surface area (Å²) in [5.41, 5.74) is 2.84. The first kappa shape index (κ1) is 19.8. The number of carbonyl (C=O) groups is 2. The molecular formula is C20H22ClNO4. The Morgan fingerprint density at radius 2 is 1.81 bits per heavy atom. The Bertz CT molecular complexity index is 791. The van der Waals surface area contributed by atoms with E-state index in [1.165, 1.54) is 0 Å². The zero-order valence-corrected chi connectivity index (χ0v) is 15.8. The molecular weight excluding hydrogens is 354 g/mol. The van der Waals surface area contributed by atoms with E-state index in [-0.39, 0.29) is 19.3 Å². The third-order valence-electron chi connectivity index (χ3n) is 4.01. The lowest BCUT2D eigenvalue weighted by atomic mass is 10.1. The third-order valence-corrected chi connectivity index (χ3v) is 4.36. The Hall–Kier alpha value is -2.53. The molecule has 0 saturated carbocycles. The van der Waals surface area contributed by atoms with Crippen LogP contribution in [0.15, 0.2) is 42.5 Å². The molecule has 0 radical (unpaired) electrons. The maximum Gasteiger partial charge on any atom is 0.344 e. The Balaban J connectivity index is 1.77. The molecule has 0 aromatic heterocycles. The van der Waals surface area contributed by atoms with Crippen LogP contribution >= 0.6 is 11.6 Å². The van der Waals surface area contributed by atoms with Gasteiger partial charge in [-0.3, -0.25) is 4.79 Å². The quantitative estimate of drug-likeness (QED) is 0.748. The van der Waals surface area contributed by atoms with Gasteiger partial charge in [-0.2, -0.15) is 0 Å². The first-order valence-electron chi connectivity index (χ1n) is 8.27. The smallest absolute Gasteiger partial charge is 0.344 e. The molecule has 2 aromatic rings. The van der Waals surface area contributed by atoms with E-state index >= 15 is 0 Å². The Kier molecular flexibility index (Phi) is 7.04. The molecule has 6 heteroatoms. The molecule has 5 nitrogen and oxygen atoms in total. The van der Waals surface area contributed by atoms with Gasteiger partial charge in [0.25, 0.3) is 5.91 Å². The van der Waals surface area contributed by atoms with Crippen molar-refractivity contribution in [1.29, 1.82) is 0 Å². The largest absolute Gasteiger partial charge is 0.482 e. The lowest BCUT2D eigenvalue weighted by Gasteiger charge is -2.16. The Morgan fingerprint density at radius 3 is 2.54 bits per heavy atom. The molecule has 0 saturated heterocycles. The van der Waals surface area contributed by atoms with E-state index in [2.05, 4.69) is 5.32 Å². The summed E-state index contributed by atoms with van der Waals surface area (Å²) in [5, 5.41) is 3.31. The van der Waals surface area contributed by atoms with E-state index in [9.17, 15) is 9.59 Å². The predicted molar refractivity (Wildman–Crippen MR) is 100 cm³/mol. The van der Waals surface area contributed by atoms with Crippen LogP contribution in [0.3, 0.4) is 0 Å². The van der Waals surface area contributed by atoms with Gasteiger partial charge in [-0.05, 0) is 49.6 Å². The van der Waals surface area contributed by atoms with E-state index < -0.39 is 11.9 Å². The highest BCUT2D eigenvalue weighted by Gasteiger charge is 2.14. The van der Waals surface area contributed by atoms with Crippen LogP contribution in [0, 0.1) is 13.8 Å². The van der Waals surface area contributed by atoms with Crippen molar-refractivity contribution < 1.29 is 19.1 Å². The van der Waals surface area contributed by atoms with Gasteiger partial charge in [0.15, 0.2) is 13.2 Å². The van der Waals surface area contributed by atoms with E-state index in [1.807, 2.05) is 51.1 Å². The molecule has 0 heterocycles. The molecule has 0 aliphatic heterocycles. The standard InChI is InChI=1S/C20H22ClNO4/c1-13-7-6-10-18(14(13)2)25-12-20(24)26-11-19(23)22-15(3)16-8-4-5-9-17(16)21/h4-10,15H,11-12H2,1-3H3,(H,22,23)/t15-/m1/s1. The normalized spacial score (nSPS) is 11.5. The second kappa shape index (κ2) is 9.25. The summed E-state index contributed by atoms with van der Waals surface area (Å²) in [4.78, 5) is 23.7. The van der Waals surface area contributed by atoms with Crippen molar-refractivity contribution in [3.05, 3.63) is 64.2 Å². The average molecular weight is 376 g/mol. The number of hydrogen-bond donors (Lipinski definition) is 1. The van der Waals surface area contributed by atoms with Crippen LogP contribution in [0.5, 0.6) is 5.75 Å². The van der Waals surface area contributed by atoms with Crippen LogP contribution in [0.2, 0.25) is 5.02 Å². The van der Waals surface area contributed by atoms with Crippen LogP contribution < -0.4 is 10.1 Å². The van der Waals surface area contributed by atoms with Crippen molar-refractivity contribution >= 4 is 23.5 Å². The molecule has 0 unspecified atom stereocenters. The fourth-order valence-electron chi connectivity index (χ4n) is 2.39. The first-order chi connectivity index (χ1) is 12.4. The number of ether oxygens (including phenoxy) is 2. The van der Waals surface area contributed by atoms with Crippen LogP contribution in [-0.4, -0.2) is 25.1 Å². The van der Waals surface area contributed by atoms with Crippen molar-refractivity contribution in [3.63, 3.8) is 0 Å². The third kappa shape index (κ3) is 5.49. The minimum atomic E-state index is -0.605. The summed E-state index contributed by atoms with van der Waals surface area (Å²) in [5.74, 6) is -0.386. The van der Waals surface area contributed by atoms with Gasteiger partial charge in [-0.1, -0.05) is 41.9 Å². The summed E-state index contributed by atoms with van der Waals surface area (Å²) >= 11 is 6.10. The number of carbonyl (C=O) groups excluding carboxylic acids is 2. The predicted octanol–water partition coefficient (Wildman–Crippen LogP) is 3.76. The molecule has 0 aliphatic carbocycles. The van der Waals surface area contributed by atoms with Crippen molar-refractivity contribution in [2.24, 2.45) is 0 Å². The fourth-order valence-corrected chi connectivity index (χ4v) is 2.69. The van der Waals surface area contributed by atoms with Crippen molar-refractivity contribution in [1.82, 2.24) is 5.32 Å². The zero-order valence-electron chi connectivity index (χ0n) is 15.0. The molecule has 26 heavy (non-hydrogen) atoms. The summed E-state index contributed by atoms with van der Waals surface area (Å²) in [6.45, 7) is 5.07. The summed E-state index contributed by atoms with van der Waals surface area (Å²) < 4.78 is 10.4. The van der Waals surface area contributed by atoms with Crippen molar-refractivity contribution in [3.8, 4) is 5.75 Å². The topological polar surface area (TPSA) is 64.6 Å². The number of nitrogens with one attached hydrogen (secondary N) is 1. The molecule has 1 amide bonds. The molecule has 1 atom stereocenters. The number of halogens is 1. The van der Waals surface area contributed by atoms with Crippen LogP contribution in [-0.2, 0) is 14.3 Å². The zero-order chi connectivity index (χ0) is 19.1. The molecule has 0 bridgehead atoms. The molecule has 0 fully saturated rings. The van der Waals surface area contributed by atoms with Gasteiger partial charge in [0.05, 0.1) is 6.04 Å². The molecule has 2 rings (SSSR count). The van der Waals surface area contributed by atoms with Gasteiger partial charge < -0.3 is 14.8 Å². The van der Waals surface area contributed by atoms with Gasteiger partial charge in [-0.15, -0.1) is 0 Å². The lowest BCUT2D eigenvalue weighted by Crippen LogP contribution is -2.32. The number of esters is 1. The monoisotopic (exact) mass is 375 g/mol. The second-order valence-corrected chi connectivity index (χ2v) is 6.37.